The van der Waals surface area contributed by atoms with Crippen LogP contribution in [-0.2, 0) is 32.6 Å². The van der Waals surface area contributed by atoms with Crippen LogP contribution < -0.4 is 9.62 Å². The van der Waals surface area contributed by atoms with Crippen molar-refractivity contribution in [2.45, 2.75) is 52.2 Å². The van der Waals surface area contributed by atoms with Crippen LogP contribution in [0.2, 0.25) is 5.02 Å². The average Bonchev–Trinajstić information content (AvgIpc) is 2.90. The van der Waals surface area contributed by atoms with Crippen molar-refractivity contribution >= 4 is 39.1 Å². The van der Waals surface area contributed by atoms with E-state index >= 15 is 0 Å². The predicted octanol–water partition coefficient (Wildman–Crippen LogP) is 4.97. The van der Waals surface area contributed by atoms with Gasteiger partial charge in [-0.05, 0) is 55.7 Å². The molecule has 0 heterocycles. The highest BCUT2D eigenvalue weighted by molar-refractivity contribution is 7.92. The third kappa shape index (κ3) is 8.83. The fourth-order valence-corrected chi connectivity index (χ4v) is 5.08. The van der Waals surface area contributed by atoms with Gasteiger partial charge in [0.05, 0.1) is 11.9 Å². The van der Waals surface area contributed by atoms with Crippen LogP contribution in [0.15, 0.2) is 78.9 Å². The summed E-state index contributed by atoms with van der Waals surface area (Å²) in [5, 5.41) is 3.47. The van der Waals surface area contributed by atoms with Gasteiger partial charge in [0.15, 0.2) is 0 Å². The number of amides is 2. The van der Waals surface area contributed by atoms with Crippen molar-refractivity contribution in [3.05, 3.63) is 101 Å². The Balaban J connectivity index is 2.04. The molecule has 0 saturated carbocycles. The van der Waals surface area contributed by atoms with Crippen LogP contribution in [0, 0.1) is 6.92 Å². The van der Waals surface area contributed by atoms with Crippen LogP contribution in [0.4, 0.5) is 5.69 Å². The lowest BCUT2D eigenvalue weighted by atomic mass is 10.0. The molecule has 39 heavy (non-hydrogen) atoms. The molecule has 9 heteroatoms. The Kier molecular flexibility index (Phi) is 10.5. The third-order valence-electron chi connectivity index (χ3n) is 6.54. The van der Waals surface area contributed by atoms with E-state index in [0.717, 1.165) is 33.7 Å². The summed E-state index contributed by atoms with van der Waals surface area (Å²) in [7, 11) is -3.82. The molecule has 3 rings (SSSR count). The van der Waals surface area contributed by atoms with Gasteiger partial charge in [0, 0.05) is 24.0 Å². The molecule has 3 aromatic carbocycles. The second kappa shape index (κ2) is 13.6. The number of carbonyl (C=O) groups excluding carboxylic acids is 2. The largest absolute Gasteiger partial charge is 0.352 e. The van der Waals surface area contributed by atoms with Crippen molar-refractivity contribution in [3.8, 4) is 0 Å². The van der Waals surface area contributed by atoms with E-state index in [1.165, 1.54) is 4.90 Å². The summed E-state index contributed by atoms with van der Waals surface area (Å²) < 4.78 is 26.6. The maximum Gasteiger partial charge on any atom is 0.244 e. The van der Waals surface area contributed by atoms with Gasteiger partial charge in [0.2, 0.25) is 21.8 Å². The van der Waals surface area contributed by atoms with Crippen molar-refractivity contribution in [1.29, 1.82) is 0 Å². The molecule has 208 valence electrons. The molecular weight excluding hydrogens is 534 g/mol. The minimum Gasteiger partial charge on any atom is -0.352 e. The summed E-state index contributed by atoms with van der Waals surface area (Å²) in [4.78, 5) is 29.2. The SMILES string of the molecule is CC[C@H](C)NC(=O)[C@@H](Cc1ccccc1)N(Cc1ccc(C)cc1)C(=O)CN(c1ccc(Cl)cc1)S(C)(=O)=O. The smallest absolute Gasteiger partial charge is 0.244 e. The Morgan fingerprint density at radius 3 is 2.10 bits per heavy atom. The number of anilines is 1. The first-order valence-corrected chi connectivity index (χ1v) is 15.1. The molecule has 3 aromatic rings. The van der Waals surface area contributed by atoms with E-state index in [4.69, 9.17) is 11.6 Å². The fourth-order valence-electron chi connectivity index (χ4n) is 4.11. The molecule has 0 aromatic heterocycles. The zero-order chi connectivity index (χ0) is 28.6. The summed E-state index contributed by atoms with van der Waals surface area (Å²) in [5.41, 5.74) is 3.11. The number of hydrogen-bond acceptors (Lipinski definition) is 4. The molecule has 0 saturated heterocycles. The normalized spacial score (nSPS) is 12.8. The molecule has 0 spiro atoms. The number of hydrogen-bond donors (Lipinski definition) is 1. The number of halogens is 1. The van der Waals surface area contributed by atoms with Crippen molar-refractivity contribution in [3.63, 3.8) is 0 Å². The van der Waals surface area contributed by atoms with Crippen molar-refractivity contribution < 1.29 is 18.0 Å². The minimum atomic E-state index is -3.82. The van der Waals surface area contributed by atoms with Gasteiger partial charge in [-0.3, -0.25) is 13.9 Å². The standard InChI is InChI=1S/C30H36ClN3O4S/c1-5-23(3)32-30(36)28(19-24-9-7-6-8-10-24)33(20-25-13-11-22(2)12-14-25)29(35)21-34(39(4,37)38)27-17-15-26(31)16-18-27/h6-18,23,28H,5,19-21H2,1-4H3,(H,32,36)/t23-,28+/m0/s1. The molecule has 7 nitrogen and oxygen atoms in total. The van der Waals surface area contributed by atoms with Crippen LogP contribution in [0.3, 0.4) is 0 Å². The molecule has 0 bridgehead atoms. The first-order valence-electron chi connectivity index (χ1n) is 12.9. The second-order valence-electron chi connectivity index (χ2n) is 9.78. The van der Waals surface area contributed by atoms with Crippen LogP contribution in [-0.4, -0.2) is 50.0 Å². The number of aryl methyl sites for hydroxylation is 1. The number of benzene rings is 3. The summed E-state index contributed by atoms with van der Waals surface area (Å²) >= 11 is 6.01. The lowest BCUT2D eigenvalue weighted by molar-refractivity contribution is -0.140. The monoisotopic (exact) mass is 569 g/mol. The molecule has 0 aliphatic carbocycles. The predicted molar refractivity (Wildman–Crippen MR) is 157 cm³/mol. The van der Waals surface area contributed by atoms with Gasteiger partial charge in [-0.25, -0.2) is 8.42 Å². The topological polar surface area (TPSA) is 86.8 Å². The maximum atomic E-state index is 14.0. The lowest BCUT2D eigenvalue weighted by Gasteiger charge is -2.34. The van der Waals surface area contributed by atoms with Gasteiger partial charge < -0.3 is 10.2 Å². The van der Waals surface area contributed by atoms with E-state index in [1.54, 1.807) is 24.3 Å². The summed E-state index contributed by atoms with van der Waals surface area (Å²) in [6, 6.07) is 22.5. The van der Waals surface area contributed by atoms with Gasteiger partial charge in [-0.2, -0.15) is 0 Å². The van der Waals surface area contributed by atoms with Gasteiger partial charge in [0.1, 0.15) is 12.6 Å². The molecule has 0 unspecified atom stereocenters. The Morgan fingerprint density at radius 2 is 1.54 bits per heavy atom. The van der Waals surface area contributed by atoms with Gasteiger partial charge >= 0.3 is 0 Å². The molecule has 0 aliphatic rings. The average molecular weight is 570 g/mol. The highest BCUT2D eigenvalue weighted by Crippen LogP contribution is 2.22. The lowest BCUT2D eigenvalue weighted by Crippen LogP contribution is -2.54. The molecule has 2 atom stereocenters. The van der Waals surface area contributed by atoms with Gasteiger partial charge in [-0.15, -0.1) is 0 Å². The summed E-state index contributed by atoms with van der Waals surface area (Å²) in [6.45, 7) is 5.54. The van der Waals surface area contributed by atoms with E-state index in [9.17, 15) is 18.0 Å². The molecular formula is C30H36ClN3O4S. The van der Waals surface area contributed by atoms with Crippen molar-refractivity contribution in [1.82, 2.24) is 10.2 Å². The highest BCUT2D eigenvalue weighted by Gasteiger charge is 2.33. The van der Waals surface area contributed by atoms with Gasteiger partial charge in [-0.1, -0.05) is 78.7 Å². The third-order valence-corrected chi connectivity index (χ3v) is 7.93. The first kappa shape index (κ1) is 30.2. The number of nitrogens with zero attached hydrogens (tertiary/aromatic N) is 2. The van der Waals surface area contributed by atoms with E-state index < -0.39 is 28.5 Å². The van der Waals surface area contributed by atoms with E-state index in [-0.39, 0.29) is 24.9 Å². The Morgan fingerprint density at radius 1 is 0.923 bits per heavy atom. The first-order chi connectivity index (χ1) is 18.5. The Bertz CT molecular complexity index is 1350. The summed E-state index contributed by atoms with van der Waals surface area (Å²) in [6.07, 6.45) is 2.06. The number of sulfonamides is 1. The maximum absolute atomic E-state index is 14.0. The van der Waals surface area contributed by atoms with Crippen LogP contribution in [0.1, 0.15) is 37.0 Å². The number of nitrogens with one attached hydrogen (secondary N) is 1. The van der Waals surface area contributed by atoms with Crippen LogP contribution in [0.5, 0.6) is 0 Å². The Labute approximate surface area is 236 Å². The van der Waals surface area contributed by atoms with E-state index in [1.807, 2.05) is 75.4 Å². The zero-order valence-corrected chi connectivity index (χ0v) is 24.4. The molecule has 0 fully saturated rings. The molecule has 2 amide bonds. The molecule has 1 N–H and O–H groups in total. The van der Waals surface area contributed by atoms with E-state index in [2.05, 4.69) is 5.32 Å². The summed E-state index contributed by atoms with van der Waals surface area (Å²) in [5.74, 6) is -0.776. The number of rotatable bonds is 12. The van der Waals surface area contributed by atoms with Crippen molar-refractivity contribution in [2.24, 2.45) is 0 Å². The fraction of sp³-hybridized carbons (Fsp3) is 0.333. The van der Waals surface area contributed by atoms with Crippen molar-refractivity contribution in [2.75, 3.05) is 17.1 Å². The minimum absolute atomic E-state index is 0.0892. The second-order valence-corrected chi connectivity index (χ2v) is 12.1. The quantitative estimate of drug-likeness (QED) is 0.334. The van der Waals surface area contributed by atoms with Crippen LogP contribution in [0.25, 0.3) is 0 Å². The number of carbonyl (C=O) groups is 2. The van der Waals surface area contributed by atoms with Gasteiger partial charge in [0.25, 0.3) is 0 Å². The highest BCUT2D eigenvalue weighted by atomic mass is 35.5. The molecule has 0 radical (unpaired) electrons. The van der Waals surface area contributed by atoms with Crippen LogP contribution >= 0.6 is 11.6 Å². The zero-order valence-electron chi connectivity index (χ0n) is 22.8. The van der Waals surface area contributed by atoms with E-state index in [0.29, 0.717) is 10.7 Å². The Hall–Kier alpha value is -3.36. The molecule has 0 aliphatic heterocycles.